The Bertz CT molecular complexity index is 2160. The number of aromatic nitrogens is 1. The SMILES string of the molecule is O=C(COc1cccc(C(O)(C(=O)O)c2ccccc2)c1)N[C@H]1CCN(C(=O)c2ccc(CCNCC(O)c3ccc(O)c4[nH]c(=O)ccc34)cc2)C1. The van der Waals surface area contributed by atoms with Crippen LogP contribution in [-0.4, -0.2) is 86.9 Å². The van der Waals surface area contributed by atoms with Crippen LogP contribution < -0.4 is 20.9 Å². The molecule has 7 N–H and O–H groups in total. The van der Waals surface area contributed by atoms with Crippen LogP contribution in [0.4, 0.5) is 0 Å². The number of aromatic hydroxyl groups is 1. The van der Waals surface area contributed by atoms with Crippen LogP contribution in [0.3, 0.4) is 0 Å². The summed E-state index contributed by atoms with van der Waals surface area (Å²) in [5, 5.41) is 48.5. The molecule has 0 radical (unpaired) electrons. The number of pyridine rings is 1. The summed E-state index contributed by atoms with van der Waals surface area (Å²) in [6, 6.07) is 27.0. The van der Waals surface area contributed by atoms with Gasteiger partial charge in [-0.2, -0.15) is 0 Å². The number of aliphatic carboxylic acids is 1. The zero-order chi connectivity index (χ0) is 37.5. The molecule has 1 saturated heterocycles. The van der Waals surface area contributed by atoms with E-state index in [-0.39, 0.29) is 58.8 Å². The molecule has 3 atom stereocenters. The molecule has 274 valence electrons. The molecule has 0 saturated carbocycles. The second-order valence-electron chi connectivity index (χ2n) is 13.0. The number of phenolic OH excluding ortho intramolecular Hbond substituents is 1. The van der Waals surface area contributed by atoms with Gasteiger partial charge in [-0.1, -0.05) is 60.7 Å². The number of amides is 2. The number of nitrogens with zero attached hydrogens (tertiary/aromatic N) is 1. The number of carboxylic acid groups (broad SMARTS) is 1. The average molecular weight is 721 g/mol. The molecule has 5 aromatic rings. The summed E-state index contributed by atoms with van der Waals surface area (Å²) in [7, 11) is 0. The number of likely N-dealkylation sites (tertiary alicyclic amines) is 1. The third kappa shape index (κ3) is 8.39. The monoisotopic (exact) mass is 720 g/mol. The molecule has 0 aliphatic carbocycles. The first-order valence-electron chi connectivity index (χ1n) is 17.2. The molecule has 1 aliphatic rings. The van der Waals surface area contributed by atoms with Crippen LogP contribution in [0.5, 0.6) is 11.5 Å². The van der Waals surface area contributed by atoms with Crippen LogP contribution in [0.1, 0.15) is 45.1 Å². The van der Waals surface area contributed by atoms with Crippen LogP contribution >= 0.6 is 0 Å². The van der Waals surface area contributed by atoms with Gasteiger partial charge >= 0.3 is 5.97 Å². The van der Waals surface area contributed by atoms with Crippen molar-refractivity contribution in [2.45, 2.75) is 30.6 Å². The van der Waals surface area contributed by atoms with Gasteiger partial charge < -0.3 is 45.7 Å². The van der Waals surface area contributed by atoms with Crippen molar-refractivity contribution in [2.75, 3.05) is 32.8 Å². The van der Waals surface area contributed by atoms with Gasteiger partial charge in [0, 0.05) is 48.3 Å². The van der Waals surface area contributed by atoms with Crippen molar-refractivity contribution in [3.8, 4) is 11.5 Å². The lowest BCUT2D eigenvalue weighted by Gasteiger charge is -2.25. The topological polar surface area (TPSA) is 202 Å². The number of hydrogen-bond acceptors (Lipinski definition) is 9. The Morgan fingerprint density at radius 1 is 0.943 bits per heavy atom. The molecule has 6 rings (SSSR count). The van der Waals surface area contributed by atoms with Gasteiger partial charge in [-0.25, -0.2) is 4.79 Å². The lowest BCUT2D eigenvalue weighted by atomic mass is 9.86. The maximum absolute atomic E-state index is 13.2. The highest BCUT2D eigenvalue weighted by Crippen LogP contribution is 2.32. The molecule has 2 heterocycles. The van der Waals surface area contributed by atoms with E-state index < -0.39 is 23.6 Å². The number of rotatable bonds is 14. The summed E-state index contributed by atoms with van der Waals surface area (Å²) in [5.41, 5.74) is 0.0144. The van der Waals surface area contributed by atoms with Crippen molar-refractivity contribution >= 4 is 28.7 Å². The van der Waals surface area contributed by atoms with Crippen LogP contribution in [0, 0.1) is 0 Å². The molecule has 1 aliphatic heterocycles. The van der Waals surface area contributed by atoms with Gasteiger partial charge in [0.05, 0.1) is 11.6 Å². The number of benzene rings is 4. The zero-order valence-electron chi connectivity index (χ0n) is 28.7. The summed E-state index contributed by atoms with van der Waals surface area (Å²) < 4.78 is 5.64. The number of nitrogens with one attached hydrogen (secondary N) is 3. The van der Waals surface area contributed by atoms with E-state index in [4.69, 9.17) is 4.74 Å². The van der Waals surface area contributed by atoms with Gasteiger partial charge in [-0.15, -0.1) is 0 Å². The molecule has 4 aromatic carbocycles. The first-order valence-corrected chi connectivity index (χ1v) is 17.2. The third-order valence-electron chi connectivity index (χ3n) is 9.36. The number of carbonyl (C=O) groups is 3. The average Bonchev–Trinajstić information content (AvgIpc) is 3.64. The molecule has 0 spiro atoms. The highest BCUT2D eigenvalue weighted by Gasteiger charge is 2.40. The maximum atomic E-state index is 13.2. The summed E-state index contributed by atoms with van der Waals surface area (Å²) in [6.45, 7) is 1.30. The lowest BCUT2D eigenvalue weighted by Crippen LogP contribution is -2.40. The number of aromatic amines is 1. The molecule has 13 nitrogen and oxygen atoms in total. The van der Waals surface area contributed by atoms with Crippen molar-refractivity contribution in [3.63, 3.8) is 0 Å². The number of phenols is 1. The van der Waals surface area contributed by atoms with E-state index in [9.17, 15) is 39.6 Å². The van der Waals surface area contributed by atoms with E-state index in [1.807, 2.05) is 12.1 Å². The third-order valence-corrected chi connectivity index (χ3v) is 9.36. The van der Waals surface area contributed by atoms with E-state index in [1.165, 1.54) is 36.4 Å². The van der Waals surface area contributed by atoms with Crippen LogP contribution in [0.2, 0.25) is 0 Å². The summed E-state index contributed by atoms with van der Waals surface area (Å²) >= 11 is 0. The minimum atomic E-state index is -2.30. The van der Waals surface area contributed by atoms with Gasteiger partial charge in [-0.3, -0.25) is 14.4 Å². The smallest absolute Gasteiger partial charge is 0.345 e. The second kappa shape index (κ2) is 16.1. The number of aliphatic hydroxyl groups excluding tert-OH is 1. The van der Waals surface area contributed by atoms with Gasteiger partial charge in [0.25, 0.3) is 11.8 Å². The highest BCUT2D eigenvalue weighted by molar-refractivity contribution is 5.94. The van der Waals surface area contributed by atoms with Crippen LogP contribution in [0.15, 0.2) is 108 Å². The van der Waals surface area contributed by atoms with Gasteiger partial charge in [0.1, 0.15) is 11.5 Å². The summed E-state index contributed by atoms with van der Waals surface area (Å²) in [6.07, 6.45) is 0.363. The molecule has 1 fully saturated rings. The normalized spacial score (nSPS) is 15.8. The molecule has 2 unspecified atom stereocenters. The number of aliphatic hydroxyl groups is 2. The number of fused-ring (bicyclic) bond motifs is 1. The standard InChI is InChI=1S/C40H40N4O9/c45-33-15-13-31(32-14-16-35(47)43-37(32)33)34(46)22-41-19-17-25-9-11-26(12-10-25)38(49)44-20-18-29(23-44)42-36(48)24-53-30-8-4-7-28(21-30)40(52,39(50)51)27-5-2-1-3-6-27/h1-16,21,29,34,41,45-46,52H,17-20,22-24H2,(H,42,48)(H,43,47)(H,50,51)/t29-,34?,40?/m0/s1. The van der Waals surface area contributed by atoms with Crippen molar-refractivity contribution < 1.29 is 39.5 Å². The zero-order valence-corrected chi connectivity index (χ0v) is 28.7. The number of hydrogen-bond donors (Lipinski definition) is 7. The molecular weight excluding hydrogens is 680 g/mol. The molecule has 1 aromatic heterocycles. The Hall–Kier alpha value is -6.02. The molecule has 2 amide bonds. The van der Waals surface area contributed by atoms with Crippen molar-refractivity contribution in [1.82, 2.24) is 20.5 Å². The minimum Gasteiger partial charge on any atom is -0.506 e. The maximum Gasteiger partial charge on any atom is 0.345 e. The molecule has 0 bridgehead atoms. The Morgan fingerprint density at radius 3 is 2.45 bits per heavy atom. The Morgan fingerprint density at radius 2 is 1.70 bits per heavy atom. The summed E-state index contributed by atoms with van der Waals surface area (Å²) in [5.74, 6) is -1.84. The number of carboxylic acids is 1. The van der Waals surface area contributed by atoms with Crippen molar-refractivity contribution in [3.05, 3.63) is 141 Å². The van der Waals surface area contributed by atoms with Crippen molar-refractivity contribution in [1.29, 1.82) is 0 Å². The van der Waals surface area contributed by atoms with Crippen LogP contribution in [-0.2, 0) is 21.6 Å². The van der Waals surface area contributed by atoms with Gasteiger partial charge in [-0.05, 0) is 72.5 Å². The van der Waals surface area contributed by atoms with E-state index in [1.54, 1.807) is 59.5 Å². The Labute approximate surface area is 304 Å². The van der Waals surface area contributed by atoms with E-state index in [2.05, 4.69) is 15.6 Å². The number of ether oxygens (including phenoxy) is 1. The fourth-order valence-corrected chi connectivity index (χ4v) is 6.51. The number of H-pyrrole nitrogens is 1. The highest BCUT2D eigenvalue weighted by atomic mass is 16.5. The van der Waals surface area contributed by atoms with Crippen molar-refractivity contribution in [2.24, 2.45) is 0 Å². The largest absolute Gasteiger partial charge is 0.506 e. The Kier molecular flexibility index (Phi) is 11.2. The molecular formula is C40H40N4O9. The van der Waals surface area contributed by atoms with E-state index in [0.29, 0.717) is 49.0 Å². The summed E-state index contributed by atoms with van der Waals surface area (Å²) in [4.78, 5) is 54.0. The predicted molar refractivity (Wildman–Crippen MR) is 196 cm³/mol. The predicted octanol–water partition coefficient (Wildman–Crippen LogP) is 2.83. The lowest BCUT2D eigenvalue weighted by molar-refractivity contribution is -0.155. The van der Waals surface area contributed by atoms with Gasteiger partial charge in [0.2, 0.25) is 11.2 Å². The Balaban J connectivity index is 0.943. The van der Waals surface area contributed by atoms with Crippen LogP contribution in [0.25, 0.3) is 10.9 Å². The van der Waals surface area contributed by atoms with E-state index >= 15 is 0 Å². The molecule has 53 heavy (non-hydrogen) atoms. The van der Waals surface area contributed by atoms with Gasteiger partial charge in [0.15, 0.2) is 6.61 Å². The second-order valence-corrected chi connectivity index (χ2v) is 13.0. The first-order chi connectivity index (χ1) is 25.5. The molecule has 13 heteroatoms. The van der Waals surface area contributed by atoms with E-state index in [0.717, 1.165) is 5.56 Å². The minimum absolute atomic E-state index is 0.0674. The first kappa shape index (κ1) is 36.8. The fourth-order valence-electron chi connectivity index (χ4n) is 6.51. The fraction of sp³-hybridized carbons (Fsp3) is 0.250. The quantitative estimate of drug-likeness (QED) is 0.0837. The number of carbonyl (C=O) groups excluding carboxylic acids is 2.